The van der Waals surface area contributed by atoms with Gasteiger partial charge in [0.05, 0.1) is 6.10 Å². The summed E-state index contributed by atoms with van der Waals surface area (Å²) < 4.78 is 5.80. The van der Waals surface area contributed by atoms with E-state index in [-0.39, 0.29) is 12.0 Å². The van der Waals surface area contributed by atoms with Gasteiger partial charge in [0.25, 0.3) is 0 Å². The Morgan fingerprint density at radius 3 is 2.77 bits per heavy atom. The van der Waals surface area contributed by atoms with Gasteiger partial charge in [-0.25, -0.2) is 0 Å². The van der Waals surface area contributed by atoms with Gasteiger partial charge in [0.15, 0.2) is 0 Å². The van der Waals surface area contributed by atoms with Crippen LogP contribution in [-0.2, 0) is 9.53 Å². The number of methoxy groups -OCH3 is 1. The number of amides is 1. The molecule has 0 saturated carbocycles. The lowest BCUT2D eigenvalue weighted by molar-refractivity contribution is -0.121. The second kappa shape index (κ2) is 7.09. The minimum atomic E-state index is 0.0319. The molecule has 13 heavy (non-hydrogen) atoms. The summed E-state index contributed by atoms with van der Waals surface area (Å²) in [5.41, 5.74) is 0. The fourth-order valence-corrected chi connectivity index (χ4v) is 0.875. The topological polar surface area (TPSA) is 38.3 Å². The van der Waals surface area contributed by atoms with Crippen molar-refractivity contribution >= 4 is 21.8 Å². The number of hydrogen-bond donors (Lipinski definition) is 1. The largest absolute Gasteiger partial charge is 0.382 e. The molecule has 0 rings (SSSR count). The van der Waals surface area contributed by atoms with E-state index in [0.29, 0.717) is 13.0 Å². The summed E-state index contributed by atoms with van der Waals surface area (Å²) in [5, 5.41) is 2.72. The van der Waals surface area contributed by atoms with Gasteiger partial charge < -0.3 is 10.1 Å². The van der Waals surface area contributed by atoms with E-state index in [4.69, 9.17) is 4.74 Å². The summed E-state index contributed by atoms with van der Waals surface area (Å²) in [5.74, 6) is 0.0319. The standard InChI is InChI=1S/C9H16BrNO2/c1-7(10)6-11-9(12)5-4-8(2)13-3/h8H,1,4-6H2,2-3H3,(H,11,12). The van der Waals surface area contributed by atoms with Gasteiger partial charge in [-0.1, -0.05) is 22.5 Å². The van der Waals surface area contributed by atoms with Crippen molar-refractivity contribution in [3.05, 3.63) is 11.1 Å². The molecule has 3 nitrogen and oxygen atoms in total. The summed E-state index contributed by atoms with van der Waals surface area (Å²) in [6.45, 7) is 6.04. The lowest BCUT2D eigenvalue weighted by Crippen LogP contribution is -2.25. The molecule has 0 aromatic heterocycles. The molecule has 0 fully saturated rings. The van der Waals surface area contributed by atoms with Crippen LogP contribution >= 0.6 is 15.9 Å². The second-order valence-electron chi connectivity index (χ2n) is 2.88. The van der Waals surface area contributed by atoms with Crippen molar-refractivity contribution < 1.29 is 9.53 Å². The van der Waals surface area contributed by atoms with E-state index in [1.165, 1.54) is 0 Å². The van der Waals surface area contributed by atoms with Crippen LogP contribution in [0, 0.1) is 0 Å². The average molecular weight is 250 g/mol. The van der Waals surface area contributed by atoms with E-state index >= 15 is 0 Å². The molecule has 0 heterocycles. The van der Waals surface area contributed by atoms with Crippen LogP contribution in [0.4, 0.5) is 0 Å². The minimum Gasteiger partial charge on any atom is -0.382 e. The van der Waals surface area contributed by atoms with Crippen molar-refractivity contribution in [2.45, 2.75) is 25.9 Å². The van der Waals surface area contributed by atoms with Crippen LogP contribution in [0.2, 0.25) is 0 Å². The molecule has 0 bridgehead atoms. The number of carbonyl (C=O) groups is 1. The Morgan fingerprint density at radius 2 is 2.31 bits per heavy atom. The van der Waals surface area contributed by atoms with Crippen LogP contribution in [0.3, 0.4) is 0 Å². The molecule has 0 aliphatic heterocycles. The Labute approximate surface area is 87.7 Å². The summed E-state index contributed by atoms with van der Waals surface area (Å²) >= 11 is 3.16. The highest BCUT2D eigenvalue weighted by Crippen LogP contribution is 2.01. The number of ether oxygens (including phenoxy) is 1. The van der Waals surface area contributed by atoms with Gasteiger partial charge >= 0.3 is 0 Å². The van der Waals surface area contributed by atoms with Crippen molar-refractivity contribution in [3.8, 4) is 0 Å². The molecule has 0 radical (unpaired) electrons. The van der Waals surface area contributed by atoms with Crippen LogP contribution < -0.4 is 5.32 Å². The molecule has 1 atom stereocenters. The Bertz CT molecular complexity index is 182. The van der Waals surface area contributed by atoms with Gasteiger partial charge in [-0.05, 0) is 13.3 Å². The first-order chi connectivity index (χ1) is 6.06. The van der Waals surface area contributed by atoms with Crippen molar-refractivity contribution in [2.24, 2.45) is 0 Å². The third kappa shape index (κ3) is 7.99. The number of nitrogens with one attached hydrogen (secondary N) is 1. The van der Waals surface area contributed by atoms with Gasteiger partial charge in [-0.15, -0.1) is 0 Å². The van der Waals surface area contributed by atoms with Crippen LogP contribution in [0.15, 0.2) is 11.1 Å². The zero-order chi connectivity index (χ0) is 10.3. The summed E-state index contributed by atoms with van der Waals surface area (Å²) in [6.07, 6.45) is 1.38. The van der Waals surface area contributed by atoms with Gasteiger partial charge in [-0.2, -0.15) is 0 Å². The fourth-order valence-electron chi connectivity index (χ4n) is 0.735. The second-order valence-corrected chi connectivity index (χ2v) is 4.00. The van der Waals surface area contributed by atoms with Crippen LogP contribution in [0.1, 0.15) is 19.8 Å². The molecule has 1 N–H and O–H groups in total. The molecule has 0 saturated heterocycles. The number of carbonyl (C=O) groups excluding carboxylic acids is 1. The van der Waals surface area contributed by atoms with E-state index in [2.05, 4.69) is 27.8 Å². The van der Waals surface area contributed by atoms with Crippen LogP contribution in [-0.4, -0.2) is 25.7 Å². The maximum Gasteiger partial charge on any atom is 0.220 e. The van der Waals surface area contributed by atoms with E-state index in [1.54, 1.807) is 7.11 Å². The first-order valence-corrected chi connectivity index (χ1v) is 4.98. The predicted molar refractivity (Wildman–Crippen MR) is 56.8 cm³/mol. The van der Waals surface area contributed by atoms with Crippen LogP contribution in [0.25, 0.3) is 0 Å². The van der Waals surface area contributed by atoms with E-state index in [1.807, 2.05) is 6.92 Å². The normalized spacial score (nSPS) is 12.2. The van der Waals surface area contributed by atoms with E-state index < -0.39 is 0 Å². The monoisotopic (exact) mass is 249 g/mol. The lowest BCUT2D eigenvalue weighted by Gasteiger charge is -2.08. The molecular formula is C9H16BrNO2. The first-order valence-electron chi connectivity index (χ1n) is 4.19. The molecule has 76 valence electrons. The highest BCUT2D eigenvalue weighted by molar-refractivity contribution is 9.11. The van der Waals surface area contributed by atoms with Crippen LogP contribution in [0.5, 0.6) is 0 Å². The Kier molecular flexibility index (Phi) is 6.90. The van der Waals surface area contributed by atoms with Crippen molar-refractivity contribution in [1.29, 1.82) is 0 Å². The maximum absolute atomic E-state index is 11.1. The summed E-state index contributed by atoms with van der Waals surface area (Å²) in [4.78, 5) is 11.1. The van der Waals surface area contributed by atoms with E-state index in [0.717, 1.165) is 10.9 Å². The summed E-state index contributed by atoms with van der Waals surface area (Å²) in [6, 6.07) is 0. The molecule has 0 aromatic rings. The zero-order valence-electron chi connectivity index (χ0n) is 8.10. The van der Waals surface area contributed by atoms with Gasteiger partial charge in [-0.3, -0.25) is 4.79 Å². The molecule has 0 aliphatic carbocycles. The van der Waals surface area contributed by atoms with E-state index in [9.17, 15) is 4.79 Å². The zero-order valence-corrected chi connectivity index (χ0v) is 9.69. The molecule has 0 aromatic carbocycles. The SMILES string of the molecule is C=C(Br)CNC(=O)CCC(C)OC. The average Bonchev–Trinajstić information content (AvgIpc) is 2.10. The Morgan fingerprint density at radius 1 is 1.69 bits per heavy atom. The van der Waals surface area contributed by atoms with Gasteiger partial charge in [0, 0.05) is 24.6 Å². The molecule has 4 heteroatoms. The number of halogens is 1. The van der Waals surface area contributed by atoms with Crippen molar-refractivity contribution in [3.63, 3.8) is 0 Å². The lowest BCUT2D eigenvalue weighted by atomic mass is 10.2. The Balaban J connectivity index is 3.46. The number of rotatable bonds is 6. The van der Waals surface area contributed by atoms with Gasteiger partial charge in [0.2, 0.25) is 5.91 Å². The molecular weight excluding hydrogens is 234 g/mol. The molecule has 1 unspecified atom stereocenters. The molecule has 0 aliphatic rings. The fraction of sp³-hybridized carbons (Fsp3) is 0.667. The molecule has 1 amide bonds. The summed E-state index contributed by atoms with van der Waals surface area (Å²) in [7, 11) is 1.64. The van der Waals surface area contributed by atoms with Crippen molar-refractivity contribution in [2.75, 3.05) is 13.7 Å². The minimum absolute atomic E-state index is 0.0319. The number of hydrogen-bond acceptors (Lipinski definition) is 2. The highest BCUT2D eigenvalue weighted by atomic mass is 79.9. The first kappa shape index (κ1) is 12.7. The predicted octanol–water partition coefficient (Wildman–Crippen LogP) is 1.83. The smallest absolute Gasteiger partial charge is 0.220 e. The van der Waals surface area contributed by atoms with Crippen molar-refractivity contribution in [1.82, 2.24) is 5.32 Å². The molecule has 0 spiro atoms. The third-order valence-electron chi connectivity index (χ3n) is 1.66. The third-order valence-corrected chi connectivity index (χ3v) is 1.94. The highest BCUT2D eigenvalue weighted by Gasteiger charge is 2.04. The Hall–Kier alpha value is -0.350. The quantitative estimate of drug-likeness (QED) is 0.780. The van der Waals surface area contributed by atoms with Gasteiger partial charge in [0.1, 0.15) is 0 Å². The maximum atomic E-state index is 11.1.